The second-order valence-corrected chi connectivity index (χ2v) is 7.75. The second kappa shape index (κ2) is 14.0. The summed E-state index contributed by atoms with van der Waals surface area (Å²) < 4.78 is 15.2. The quantitative estimate of drug-likeness (QED) is 0.310. The molecular weight excluding hydrogens is 407 g/mol. The number of unbranched alkanes of at least 4 members (excludes halogenated alkanes) is 1. The van der Waals surface area contributed by atoms with E-state index in [0.29, 0.717) is 16.8 Å². The van der Waals surface area contributed by atoms with Gasteiger partial charge in [-0.15, -0.1) is 0 Å². The molecule has 0 aliphatic heterocycles. The summed E-state index contributed by atoms with van der Waals surface area (Å²) in [7, 11) is -2.96. The van der Waals surface area contributed by atoms with Gasteiger partial charge in [0.15, 0.2) is 0 Å². The number of rotatable bonds is 8. The Balaban J connectivity index is 0.000000960. The predicted octanol–water partition coefficient (Wildman–Crippen LogP) is 5.78. The number of aryl methyl sites for hydroxylation is 1. The molecular formula is C21H27N2O4PS. The zero-order valence-electron chi connectivity index (χ0n) is 16.9. The Hall–Kier alpha value is -2.10. The van der Waals surface area contributed by atoms with Crippen LogP contribution in [0.15, 0.2) is 47.4 Å². The highest BCUT2D eigenvalue weighted by molar-refractivity contribution is 8.03. The summed E-state index contributed by atoms with van der Waals surface area (Å²) in [5.41, 5.74) is 2.83. The summed E-state index contributed by atoms with van der Waals surface area (Å²) in [6, 6.07) is 12.1. The van der Waals surface area contributed by atoms with Crippen LogP contribution in [0.4, 0.5) is 5.69 Å². The molecule has 0 saturated heterocycles. The Morgan fingerprint density at radius 3 is 2.34 bits per heavy atom. The van der Waals surface area contributed by atoms with Crippen LogP contribution in [0.3, 0.4) is 0 Å². The number of hydrogen-bond donors (Lipinski definition) is 2. The first kappa shape index (κ1) is 24.9. The molecule has 0 aliphatic rings. The fraction of sp³-hybridized carbons (Fsp3) is 0.333. The van der Waals surface area contributed by atoms with E-state index in [4.69, 9.17) is 10.2 Å². The predicted molar refractivity (Wildman–Crippen MR) is 118 cm³/mol. The van der Waals surface area contributed by atoms with Crippen LogP contribution in [0.25, 0.3) is 0 Å². The van der Waals surface area contributed by atoms with Gasteiger partial charge in [-0.2, -0.15) is 5.26 Å². The van der Waals surface area contributed by atoms with Gasteiger partial charge in [0.25, 0.3) is 5.91 Å². The van der Waals surface area contributed by atoms with Crippen LogP contribution in [0.1, 0.15) is 55.1 Å². The first-order valence-corrected chi connectivity index (χ1v) is 11.5. The molecule has 29 heavy (non-hydrogen) atoms. The number of nitriles is 1. The molecule has 1 amide bonds. The van der Waals surface area contributed by atoms with Crippen LogP contribution >= 0.6 is 20.0 Å². The molecule has 156 valence electrons. The molecule has 2 aromatic carbocycles. The maximum absolute atomic E-state index is 12.4. The molecule has 1 atom stereocenters. The Morgan fingerprint density at radius 1 is 1.17 bits per heavy atom. The third-order valence-corrected chi connectivity index (χ3v) is 4.92. The second-order valence-electron chi connectivity index (χ2n) is 6.07. The van der Waals surface area contributed by atoms with Gasteiger partial charge < -0.3 is 14.7 Å². The van der Waals surface area contributed by atoms with E-state index in [-0.39, 0.29) is 12.5 Å². The Bertz CT molecular complexity index is 849. The highest BCUT2D eigenvalue weighted by Gasteiger charge is 2.10. The van der Waals surface area contributed by atoms with Gasteiger partial charge in [-0.05, 0) is 59.6 Å². The minimum absolute atomic E-state index is 0.0220. The van der Waals surface area contributed by atoms with E-state index in [9.17, 15) is 9.36 Å². The molecule has 0 spiro atoms. The molecule has 2 N–H and O–H groups in total. The van der Waals surface area contributed by atoms with Crippen molar-refractivity contribution in [3.63, 3.8) is 0 Å². The third-order valence-electron chi connectivity index (χ3n) is 3.95. The van der Waals surface area contributed by atoms with Gasteiger partial charge in [0, 0.05) is 16.1 Å². The molecule has 0 saturated carbocycles. The normalized spacial score (nSPS) is 11.0. The molecule has 8 heteroatoms. The molecule has 1 unspecified atom stereocenters. The van der Waals surface area contributed by atoms with Crippen LogP contribution in [-0.2, 0) is 22.1 Å². The van der Waals surface area contributed by atoms with Crippen LogP contribution in [0.5, 0.6) is 0 Å². The number of thiocyanates is 1. The average Bonchev–Trinajstić information content (AvgIpc) is 2.74. The summed E-state index contributed by atoms with van der Waals surface area (Å²) in [6.45, 7) is 6.36. The standard InChI is InChI=1S/C17H17N2O4PS.C4H10/c1-2-13-9-15(25-11-18)7-8-16(13)19-17(20)14-5-3-12(4-6-14)10-23-24(21)22;1-3-4-2/h3-9,24H,2,10H2,1H3,(H,19,20)(H,21,22);3-4H2,1-2H3. The number of anilines is 1. The summed E-state index contributed by atoms with van der Waals surface area (Å²) in [4.78, 5) is 21.9. The van der Waals surface area contributed by atoms with Crippen molar-refractivity contribution >= 4 is 31.6 Å². The monoisotopic (exact) mass is 434 g/mol. The molecule has 6 nitrogen and oxygen atoms in total. The molecule has 0 aliphatic carbocycles. The van der Waals surface area contributed by atoms with Crippen molar-refractivity contribution in [1.29, 1.82) is 5.26 Å². The first-order valence-electron chi connectivity index (χ1n) is 9.39. The van der Waals surface area contributed by atoms with Crippen molar-refractivity contribution in [2.45, 2.75) is 51.5 Å². The van der Waals surface area contributed by atoms with Crippen LogP contribution < -0.4 is 5.32 Å². The zero-order chi connectivity index (χ0) is 21.6. The van der Waals surface area contributed by atoms with E-state index in [0.717, 1.165) is 28.6 Å². The highest BCUT2D eigenvalue weighted by Crippen LogP contribution is 2.25. The topological polar surface area (TPSA) is 99.4 Å². The molecule has 2 rings (SSSR count). The maximum Gasteiger partial charge on any atom is 0.316 e. The smallest absolute Gasteiger partial charge is 0.316 e. The molecule has 2 aromatic rings. The van der Waals surface area contributed by atoms with Gasteiger partial charge in [0.05, 0.1) is 6.61 Å². The number of thioether (sulfide) groups is 1. The average molecular weight is 434 g/mol. The minimum Gasteiger partial charge on any atom is -0.326 e. The summed E-state index contributed by atoms with van der Waals surface area (Å²) >= 11 is 1.08. The molecule has 0 aromatic heterocycles. The van der Waals surface area contributed by atoms with Crippen molar-refractivity contribution in [3.05, 3.63) is 59.2 Å². The first-order chi connectivity index (χ1) is 13.9. The fourth-order valence-electron chi connectivity index (χ4n) is 2.19. The summed E-state index contributed by atoms with van der Waals surface area (Å²) in [5, 5.41) is 13.6. The fourth-order valence-corrected chi connectivity index (χ4v) is 2.93. The minimum atomic E-state index is -2.96. The number of benzene rings is 2. The number of carbonyl (C=O) groups is 1. The third kappa shape index (κ3) is 9.29. The largest absolute Gasteiger partial charge is 0.326 e. The van der Waals surface area contributed by atoms with Crippen molar-refractivity contribution in [2.75, 3.05) is 5.32 Å². The van der Waals surface area contributed by atoms with Gasteiger partial charge in [0.2, 0.25) is 0 Å². The zero-order valence-corrected chi connectivity index (χ0v) is 18.7. The van der Waals surface area contributed by atoms with Crippen LogP contribution in [0, 0.1) is 10.7 Å². The van der Waals surface area contributed by atoms with Gasteiger partial charge in [-0.1, -0.05) is 45.7 Å². The lowest BCUT2D eigenvalue weighted by Gasteiger charge is -2.11. The highest BCUT2D eigenvalue weighted by atomic mass is 32.2. The van der Waals surface area contributed by atoms with E-state index >= 15 is 0 Å². The van der Waals surface area contributed by atoms with Crippen molar-refractivity contribution in [2.24, 2.45) is 0 Å². The van der Waals surface area contributed by atoms with Crippen LogP contribution in [0.2, 0.25) is 0 Å². The van der Waals surface area contributed by atoms with Crippen molar-refractivity contribution in [1.82, 2.24) is 0 Å². The Kier molecular flexibility index (Phi) is 12.0. The summed E-state index contributed by atoms with van der Waals surface area (Å²) in [5.74, 6) is -0.251. The summed E-state index contributed by atoms with van der Waals surface area (Å²) in [6.07, 6.45) is 3.37. The van der Waals surface area contributed by atoms with Gasteiger partial charge in [-0.3, -0.25) is 9.36 Å². The molecule has 0 radical (unpaired) electrons. The lowest BCUT2D eigenvalue weighted by atomic mass is 10.1. The van der Waals surface area contributed by atoms with Crippen molar-refractivity contribution in [3.8, 4) is 5.40 Å². The molecule has 0 fully saturated rings. The van der Waals surface area contributed by atoms with E-state index < -0.39 is 8.25 Å². The number of hydrogen-bond acceptors (Lipinski definition) is 5. The van der Waals surface area contributed by atoms with Gasteiger partial charge in [0.1, 0.15) is 5.40 Å². The van der Waals surface area contributed by atoms with E-state index in [1.54, 1.807) is 36.4 Å². The number of carbonyl (C=O) groups excluding carboxylic acids is 1. The number of amides is 1. The SMILES string of the molecule is CCCC.CCc1cc(SC#N)ccc1NC(=O)c1ccc(CO[PH](=O)O)cc1. The van der Waals surface area contributed by atoms with Gasteiger partial charge >= 0.3 is 8.25 Å². The maximum atomic E-state index is 12.4. The Labute approximate surface area is 177 Å². The number of nitrogens with zero attached hydrogens (tertiary/aromatic N) is 1. The van der Waals surface area contributed by atoms with Crippen molar-refractivity contribution < 1.29 is 18.8 Å². The van der Waals surface area contributed by atoms with E-state index in [2.05, 4.69) is 23.7 Å². The molecule has 0 heterocycles. The number of nitrogens with one attached hydrogen (secondary N) is 1. The van der Waals surface area contributed by atoms with E-state index in [1.165, 1.54) is 12.8 Å². The van der Waals surface area contributed by atoms with Gasteiger partial charge in [-0.25, -0.2) is 0 Å². The lowest BCUT2D eigenvalue weighted by Crippen LogP contribution is -2.13. The molecule has 0 bridgehead atoms. The lowest BCUT2D eigenvalue weighted by molar-refractivity contribution is 0.102. The van der Waals surface area contributed by atoms with E-state index in [1.807, 2.05) is 18.4 Å². The Morgan fingerprint density at radius 2 is 1.83 bits per heavy atom. The van der Waals surface area contributed by atoms with Crippen LogP contribution in [-0.4, -0.2) is 10.8 Å².